The molecule has 0 radical (unpaired) electrons. The highest BCUT2D eigenvalue weighted by Gasteiger charge is 2.27. The van der Waals surface area contributed by atoms with E-state index in [1.165, 1.54) is 27.2 Å². The van der Waals surface area contributed by atoms with Crippen molar-refractivity contribution in [3.05, 3.63) is 35.4 Å². The number of nitrogens with zero attached hydrogens (tertiary/aromatic N) is 4. The minimum absolute atomic E-state index is 0.0275. The van der Waals surface area contributed by atoms with E-state index in [4.69, 9.17) is 9.47 Å². The van der Waals surface area contributed by atoms with E-state index in [9.17, 15) is 27.6 Å². The maximum atomic E-state index is 12.5. The first kappa shape index (κ1) is 24.9. The minimum atomic E-state index is -4.08. The van der Waals surface area contributed by atoms with Crippen molar-refractivity contribution < 1.29 is 37.1 Å². The van der Waals surface area contributed by atoms with Crippen LogP contribution in [0.1, 0.15) is 59.3 Å². The van der Waals surface area contributed by atoms with Gasteiger partial charge in [0, 0.05) is 27.9 Å². The van der Waals surface area contributed by atoms with Crippen molar-refractivity contribution in [2.45, 2.75) is 39.9 Å². The van der Waals surface area contributed by atoms with Gasteiger partial charge in [-0.25, -0.2) is 13.9 Å². The summed E-state index contributed by atoms with van der Waals surface area (Å²) in [7, 11) is -1.51. The van der Waals surface area contributed by atoms with Crippen molar-refractivity contribution in [2.24, 2.45) is 0 Å². The van der Waals surface area contributed by atoms with E-state index in [-0.39, 0.29) is 42.6 Å². The average molecular weight is 469 g/mol. The molecule has 0 saturated carbocycles. The van der Waals surface area contributed by atoms with Gasteiger partial charge in [-0.05, 0) is 0 Å². The van der Waals surface area contributed by atoms with Crippen molar-refractivity contribution in [3.63, 3.8) is 0 Å². The minimum Gasteiger partial charge on any atom is -0.459 e. The molecular formula is C18H23N5O8S. The number of H-pyrrole nitrogens is 1. The molecule has 32 heavy (non-hydrogen) atoms. The van der Waals surface area contributed by atoms with Gasteiger partial charge in [0.25, 0.3) is 0 Å². The largest absolute Gasteiger partial charge is 0.459 e. The van der Waals surface area contributed by atoms with E-state index in [1.54, 1.807) is 0 Å². The molecule has 2 heterocycles. The Bertz CT molecular complexity index is 1130. The number of nitrogens with one attached hydrogen (secondary N) is 1. The Balaban J connectivity index is 1.89. The normalized spacial score (nSPS) is 11.4. The lowest BCUT2D eigenvalue weighted by Crippen LogP contribution is -2.32. The fourth-order valence-electron chi connectivity index (χ4n) is 2.40. The number of hydrogen-bond donors (Lipinski definition) is 1. The lowest BCUT2D eigenvalue weighted by Gasteiger charge is -2.16. The smallest absolute Gasteiger partial charge is 0.309 e. The molecule has 0 unspecified atom stereocenters. The molecule has 2 aromatic rings. The molecule has 1 N–H and O–H groups in total. The highest BCUT2D eigenvalue weighted by atomic mass is 32.2. The molecule has 0 aliphatic heterocycles. The lowest BCUT2D eigenvalue weighted by atomic mass is 10.3. The van der Waals surface area contributed by atoms with Crippen molar-refractivity contribution in [1.29, 1.82) is 0 Å². The van der Waals surface area contributed by atoms with Gasteiger partial charge in [0.05, 0.1) is 36.6 Å². The third-order valence-corrected chi connectivity index (χ3v) is 5.85. The van der Waals surface area contributed by atoms with Crippen molar-refractivity contribution in [3.8, 4) is 0 Å². The van der Waals surface area contributed by atoms with Gasteiger partial charge in [0.2, 0.25) is 0 Å². The first-order valence-electron chi connectivity index (χ1n) is 9.30. The van der Waals surface area contributed by atoms with Crippen molar-refractivity contribution >= 4 is 33.7 Å². The van der Waals surface area contributed by atoms with E-state index in [1.807, 2.05) is 0 Å². The van der Waals surface area contributed by atoms with E-state index in [0.717, 1.165) is 17.4 Å². The molecule has 0 spiro atoms. The van der Waals surface area contributed by atoms with Crippen LogP contribution < -0.4 is 0 Å². The van der Waals surface area contributed by atoms with Crippen LogP contribution in [-0.2, 0) is 42.5 Å². The number of rotatable bonds is 11. The molecule has 0 fully saturated rings. The number of Topliss-reactive ketones (excluding diaryl/α,β-unsaturated/α-hetero) is 2. The average Bonchev–Trinajstić information content (AvgIpc) is 3.36. The Kier molecular flexibility index (Phi) is 7.99. The molecule has 0 saturated heterocycles. The molecule has 2 rings (SSSR count). The fourth-order valence-corrected chi connectivity index (χ4v) is 3.52. The highest BCUT2D eigenvalue weighted by Crippen LogP contribution is 2.14. The zero-order valence-electron chi connectivity index (χ0n) is 17.9. The van der Waals surface area contributed by atoms with Crippen molar-refractivity contribution in [1.82, 2.24) is 23.2 Å². The quantitative estimate of drug-likeness (QED) is 0.355. The number of aromatic nitrogens is 4. The van der Waals surface area contributed by atoms with E-state index >= 15 is 0 Å². The second-order valence-electron chi connectivity index (χ2n) is 6.82. The summed E-state index contributed by atoms with van der Waals surface area (Å²) >= 11 is 0. The number of carbonyl (C=O) groups is 4. The summed E-state index contributed by atoms with van der Waals surface area (Å²) in [4.78, 5) is 57.0. The summed E-state index contributed by atoms with van der Waals surface area (Å²) < 4.78 is 36.6. The molecule has 0 amide bonds. The number of ketones is 2. The van der Waals surface area contributed by atoms with Crippen LogP contribution in [0.2, 0.25) is 0 Å². The van der Waals surface area contributed by atoms with E-state index in [2.05, 4.69) is 15.0 Å². The van der Waals surface area contributed by atoms with Gasteiger partial charge in [-0.3, -0.25) is 19.2 Å². The maximum absolute atomic E-state index is 12.5. The third-order valence-electron chi connectivity index (χ3n) is 4.06. The van der Waals surface area contributed by atoms with Gasteiger partial charge >= 0.3 is 22.1 Å². The number of imidazole rings is 2. The van der Waals surface area contributed by atoms with Crippen LogP contribution >= 0.6 is 0 Å². The Morgan fingerprint density at radius 1 is 0.969 bits per heavy atom. The zero-order chi connectivity index (χ0) is 24.1. The Hall–Kier alpha value is -3.39. The third kappa shape index (κ3) is 6.07. The first-order valence-corrected chi connectivity index (χ1v) is 10.7. The molecule has 174 valence electrons. The standard InChI is InChI=1S/C18H23N5O8S/c1-11(24)17-19-7-13(21-17)9-30-15(26)5-6-16(27)31-10-14-8-20-18(12(2)25)23(14)32(28,29)22(3)4/h7-8H,5-6,9-10H2,1-4H3,(H,19,21). The Morgan fingerprint density at radius 2 is 1.56 bits per heavy atom. The highest BCUT2D eigenvalue weighted by molar-refractivity contribution is 7.87. The number of hydrogen-bond acceptors (Lipinski definition) is 10. The zero-order valence-corrected chi connectivity index (χ0v) is 18.8. The molecule has 0 atom stereocenters. The van der Waals surface area contributed by atoms with Gasteiger partial charge in [-0.1, -0.05) is 0 Å². The second kappa shape index (κ2) is 10.3. The second-order valence-corrected chi connectivity index (χ2v) is 8.81. The topological polar surface area (TPSA) is 171 Å². The van der Waals surface area contributed by atoms with Crippen LogP contribution in [0.3, 0.4) is 0 Å². The SMILES string of the molecule is CC(=O)c1ncc(COC(=O)CCC(=O)OCc2cnc(C(C)=O)n2S(=O)(=O)N(C)C)[nH]1. The predicted octanol–water partition coefficient (Wildman–Crippen LogP) is 0.233. The summed E-state index contributed by atoms with van der Waals surface area (Å²) in [6, 6.07) is 0. The monoisotopic (exact) mass is 469 g/mol. The summed E-state index contributed by atoms with van der Waals surface area (Å²) in [5.74, 6) is -2.48. The molecule has 0 aliphatic rings. The van der Waals surface area contributed by atoms with Crippen molar-refractivity contribution in [2.75, 3.05) is 14.1 Å². The molecular weight excluding hydrogens is 446 g/mol. The lowest BCUT2D eigenvalue weighted by molar-refractivity contribution is -0.151. The Morgan fingerprint density at radius 3 is 2.06 bits per heavy atom. The van der Waals surface area contributed by atoms with Crippen LogP contribution in [0.15, 0.2) is 12.4 Å². The predicted molar refractivity (Wildman–Crippen MR) is 108 cm³/mol. The van der Waals surface area contributed by atoms with Crippen LogP contribution in [0.5, 0.6) is 0 Å². The van der Waals surface area contributed by atoms with E-state index in [0.29, 0.717) is 9.67 Å². The number of ether oxygens (including phenoxy) is 2. The maximum Gasteiger partial charge on any atom is 0.309 e. The number of aromatic amines is 1. The molecule has 14 heteroatoms. The Labute approximate surface area is 183 Å². The summed E-state index contributed by atoms with van der Waals surface area (Å²) in [6.07, 6.45) is 1.90. The van der Waals surface area contributed by atoms with Gasteiger partial charge in [0.15, 0.2) is 23.2 Å². The number of esters is 2. The van der Waals surface area contributed by atoms with Gasteiger partial charge in [0.1, 0.15) is 13.2 Å². The molecule has 0 bridgehead atoms. The fraction of sp³-hybridized carbons (Fsp3) is 0.444. The van der Waals surface area contributed by atoms with Crippen LogP contribution in [-0.4, -0.2) is 69.2 Å². The molecule has 13 nitrogen and oxygen atoms in total. The summed E-state index contributed by atoms with van der Waals surface area (Å²) in [5.41, 5.74) is 0.392. The summed E-state index contributed by atoms with van der Waals surface area (Å²) in [5, 5.41) is 0. The van der Waals surface area contributed by atoms with E-state index < -0.39 is 34.5 Å². The van der Waals surface area contributed by atoms with Gasteiger partial charge in [-0.2, -0.15) is 12.7 Å². The van der Waals surface area contributed by atoms with Crippen LogP contribution in [0.25, 0.3) is 0 Å². The van der Waals surface area contributed by atoms with Crippen LogP contribution in [0.4, 0.5) is 0 Å². The summed E-state index contributed by atoms with van der Waals surface area (Å²) in [6.45, 7) is 1.88. The first-order chi connectivity index (χ1) is 14.9. The number of carbonyl (C=O) groups excluding carboxylic acids is 4. The van der Waals surface area contributed by atoms with Crippen LogP contribution in [0, 0.1) is 0 Å². The van der Waals surface area contributed by atoms with Gasteiger partial charge in [-0.15, -0.1) is 0 Å². The van der Waals surface area contributed by atoms with Gasteiger partial charge < -0.3 is 14.5 Å². The molecule has 2 aromatic heterocycles. The molecule has 0 aromatic carbocycles. The molecule has 0 aliphatic carbocycles.